The van der Waals surface area contributed by atoms with Gasteiger partial charge in [0.2, 0.25) is 0 Å². The van der Waals surface area contributed by atoms with E-state index in [4.69, 9.17) is 15.7 Å². The van der Waals surface area contributed by atoms with Gasteiger partial charge in [-0.2, -0.15) is 0 Å². The van der Waals surface area contributed by atoms with Gasteiger partial charge >= 0.3 is 5.97 Å². The Kier molecular flexibility index (Phi) is 12.3. The second kappa shape index (κ2) is 17.3. The zero-order chi connectivity index (χ0) is 41.0. The third-order valence-electron chi connectivity index (χ3n) is 10.0. The Hall–Kier alpha value is -6.14. The van der Waals surface area contributed by atoms with Crippen molar-refractivity contribution in [2.24, 2.45) is 5.73 Å². The molecule has 0 saturated heterocycles. The molecule has 3 heterocycles. The van der Waals surface area contributed by atoms with Crippen LogP contribution >= 0.6 is 0 Å². The molecule has 0 aliphatic carbocycles. The van der Waals surface area contributed by atoms with Crippen molar-refractivity contribution < 1.29 is 33.7 Å². The van der Waals surface area contributed by atoms with Gasteiger partial charge in [-0.3, -0.25) is 14.8 Å². The summed E-state index contributed by atoms with van der Waals surface area (Å²) in [5.74, 6) is -1.87. The number of carboxylic acid groups (broad SMARTS) is 1. The fourth-order valence-electron chi connectivity index (χ4n) is 7.42. The molecule has 7 rings (SSSR count). The number of amides is 1. The fraction of sp³-hybridized carbons (Fsp3) is 0.217. The number of nitrogens with zero attached hydrogens (tertiary/aromatic N) is 2. The third-order valence-corrected chi connectivity index (χ3v) is 10.0. The molecule has 292 valence electrons. The topological polar surface area (TPSA) is 159 Å². The lowest BCUT2D eigenvalue weighted by Gasteiger charge is -2.22. The van der Waals surface area contributed by atoms with Gasteiger partial charge in [0.05, 0.1) is 30.2 Å². The normalized spacial score (nSPS) is 12.0. The molecule has 2 aromatic heterocycles. The molecule has 0 radical (unpaired) electrons. The number of pyridine rings is 2. The van der Waals surface area contributed by atoms with Crippen molar-refractivity contribution in [1.29, 1.82) is 0 Å². The van der Waals surface area contributed by atoms with Gasteiger partial charge in [0.1, 0.15) is 11.6 Å². The molecule has 11 heteroatoms. The molecule has 0 bridgehead atoms. The van der Waals surface area contributed by atoms with Crippen molar-refractivity contribution >= 4 is 11.9 Å². The van der Waals surface area contributed by atoms with Crippen LogP contribution < -0.4 is 11.1 Å². The summed E-state index contributed by atoms with van der Waals surface area (Å²) in [6.45, 7) is 7.86. The van der Waals surface area contributed by atoms with E-state index in [-0.39, 0.29) is 61.2 Å². The maximum absolute atomic E-state index is 13.5. The highest BCUT2D eigenvalue weighted by Gasteiger charge is 2.28. The van der Waals surface area contributed by atoms with E-state index in [1.807, 2.05) is 45.9 Å². The third kappa shape index (κ3) is 8.08. The van der Waals surface area contributed by atoms with Crippen molar-refractivity contribution in [3.8, 4) is 44.8 Å². The van der Waals surface area contributed by atoms with Gasteiger partial charge in [0.25, 0.3) is 5.91 Å². The molecule has 1 aliphatic rings. The maximum Gasteiger partial charge on any atom is 0.336 e. The van der Waals surface area contributed by atoms with E-state index >= 15 is 0 Å². The van der Waals surface area contributed by atoms with Crippen LogP contribution in [-0.2, 0) is 26.3 Å². The largest absolute Gasteiger partial charge is 0.478 e. The minimum Gasteiger partial charge on any atom is -0.478 e. The molecular formula is C46H44F2N4O5. The summed E-state index contributed by atoms with van der Waals surface area (Å²) in [7, 11) is 0. The predicted octanol–water partition coefficient (Wildman–Crippen LogP) is 8.74. The molecule has 57 heavy (non-hydrogen) atoms. The molecule has 0 fully saturated rings. The number of aromatic nitrogens is 2. The van der Waals surface area contributed by atoms with E-state index in [0.717, 1.165) is 33.6 Å². The van der Waals surface area contributed by atoms with Gasteiger partial charge in [-0.05, 0) is 70.5 Å². The van der Waals surface area contributed by atoms with Crippen LogP contribution in [0.4, 0.5) is 8.78 Å². The fourth-order valence-corrected chi connectivity index (χ4v) is 7.42. The van der Waals surface area contributed by atoms with Crippen LogP contribution in [0.1, 0.15) is 93.9 Å². The van der Waals surface area contributed by atoms with Crippen LogP contribution in [0.25, 0.3) is 44.8 Å². The summed E-state index contributed by atoms with van der Waals surface area (Å²) >= 11 is 0. The number of aliphatic hydroxyl groups is 2. The van der Waals surface area contributed by atoms with Gasteiger partial charge in [-0.25, -0.2) is 13.6 Å². The summed E-state index contributed by atoms with van der Waals surface area (Å²) in [6.07, 6.45) is 0. The van der Waals surface area contributed by atoms with E-state index in [0.29, 0.717) is 50.3 Å². The Morgan fingerprint density at radius 2 is 1.16 bits per heavy atom. The number of carbonyl (C=O) groups is 2. The lowest BCUT2D eigenvalue weighted by Crippen LogP contribution is -2.21. The predicted molar refractivity (Wildman–Crippen MR) is 216 cm³/mol. The molecule has 1 aliphatic heterocycles. The molecule has 6 N–H and O–H groups in total. The van der Waals surface area contributed by atoms with Crippen molar-refractivity contribution in [2.45, 2.75) is 65.8 Å². The number of fused-ring (bicyclic) bond motifs is 3. The molecular weight excluding hydrogens is 727 g/mol. The first-order valence-corrected chi connectivity index (χ1v) is 18.6. The highest BCUT2D eigenvalue weighted by atomic mass is 19.1. The summed E-state index contributed by atoms with van der Waals surface area (Å²) in [5.41, 5.74) is 16.4. The first kappa shape index (κ1) is 40.5. The standard InChI is InChI=1S/C23H23FN2O3.C23H21FN2O2/c1-13(2)21-19(12-27)20(14-7-9-15(24)10-8-14)18(11-25)22(26-21)16-5-3-4-6-17(16)23(28)29;1-13(2)21-19(12-27)20(14-7-9-15(24)10-8-14)18-11-25-23(28)17-6-4-3-5-16(17)22(18)26-21/h3-10,13,27H,11-12,25H2,1-2H3,(H,28,29);3-10,13,27H,11-12H2,1-2H3,(H,25,28). The monoisotopic (exact) mass is 770 g/mol. The molecule has 4 aromatic carbocycles. The van der Waals surface area contributed by atoms with E-state index in [1.165, 1.54) is 30.3 Å². The number of aliphatic hydroxyl groups excluding tert-OH is 2. The van der Waals surface area contributed by atoms with Crippen LogP contribution in [-0.4, -0.2) is 37.2 Å². The van der Waals surface area contributed by atoms with Crippen LogP contribution in [0.3, 0.4) is 0 Å². The first-order chi connectivity index (χ1) is 27.4. The average molecular weight is 771 g/mol. The number of hydrogen-bond acceptors (Lipinski definition) is 7. The van der Waals surface area contributed by atoms with Crippen LogP contribution in [0.5, 0.6) is 0 Å². The van der Waals surface area contributed by atoms with Crippen molar-refractivity contribution in [2.75, 3.05) is 0 Å². The highest BCUT2D eigenvalue weighted by Crippen LogP contribution is 2.41. The minimum atomic E-state index is -1.06. The summed E-state index contributed by atoms with van der Waals surface area (Å²) < 4.78 is 27.0. The van der Waals surface area contributed by atoms with Crippen LogP contribution in [0.2, 0.25) is 0 Å². The number of carbonyl (C=O) groups excluding carboxylic acids is 1. The van der Waals surface area contributed by atoms with E-state index in [2.05, 4.69) is 5.32 Å². The van der Waals surface area contributed by atoms with Gasteiger partial charge in [-0.15, -0.1) is 0 Å². The first-order valence-electron chi connectivity index (χ1n) is 18.6. The SMILES string of the molecule is CC(C)c1nc(-c2ccccc2C(=O)O)c(CN)c(-c2ccc(F)cc2)c1CO.CC(C)c1nc2c(c(-c3ccc(F)cc3)c1CO)CNC(=O)c1ccccc1-2. The number of rotatable bonds is 9. The number of nitrogens with one attached hydrogen (secondary N) is 1. The number of hydrogen-bond donors (Lipinski definition) is 5. The zero-order valence-corrected chi connectivity index (χ0v) is 32.1. The van der Waals surface area contributed by atoms with Crippen molar-refractivity contribution in [3.05, 3.63) is 153 Å². The lowest BCUT2D eigenvalue weighted by atomic mass is 9.87. The second-order valence-corrected chi connectivity index (χ2v) is 14.3. The van der Waals surface area contributed by atoms with Gasteiger partial charge in [0, 0.05) is 63.4 Å². The van der Waals surface area contributed by atoms with Crippen LogP contribution in [0.15, 0.2) is 97.1 Å². The number of nitrogens with two attached hydrogens (primary N) is 1. The Morgan fingerprint density at radius 1 is 0.684 bits per heavy atom. The Bertz CT molecular complexity index is 2450. The Morgan fingerprint density at radius 3 is 1.67 bits per heavy atom. The maximum atomic E-state index is 13.5. The molecule has 6 aromatic rings. The Labute approximate surface area is 329 Å². The number of aromatic carboxylic acids is 1. The minimum absolute atomic E-state index is 0.0288. The van der Waals surface area contributed by atoms with E-state index in [9.17, 15) is 33.7 Å². The van der Waals surface area contributed by atoms with Crippen molar-refractivity contribution in [1.82, 2.24) is 15.3 Å². The van der Waals surface area contributed by atoms with E-state index < -0.39 is 5.97 Å². The average Bonchev–Trinajstić information content (AvgIpc) is 3.35. The van der Waals surface area contributed by atoms with Crippen LogP contribution in [0, 0.1) is 11.6 Å². The number of carboxylic acids is 1. The molecule has 1 amide bonds. The van der Waals surface area contributed by atoms with Gasteiger partial charge in [-0.1, -0.05) is 88.4 Å². The molecule has 0 saturated carbocycles. The Balaban J connectivity index is 0.000000193. The second-order valence-electron chi connectivity index (χ2n) is 14.3. The van der Waals surface area contributed by atoms with Crippen molar-refractivity contribution in [3.63, 3.8) is 0 Å². The molecule has 0 spiro atoms. The summed E-state index contributed by atoms with van der Waals surface area (Å²) in [6, 6.07) is 26.2. The van der Waals surface area contributed by atoms with Gasteiger partial charge in [0.15, 0.2) is 0 Å². The van der Waals surface area contributed by atoms with Gasteiger partial charge < -0.3 is 26.4 Å². The molecule has 0 unspecified atom stereocenters. The molecule has 9 nitrogen and oxygen atoms in total. The summed E-state index contributed by atoms with van der Waals surface area (Å²) in [4.78, 5) is 34.0. The zero-order valence-electron chi connectivity index (χ0n) is 32.1. The lowest BCUT2D eigenvalue weighted by molar-refractivity contribution is 0.0697. The van der Waals surface area contributed by atoms with E-state index in [1.54, 1.807) is 48.5 Å². The molecule has 0 atom stereocenters. The highest BCUT2D eigenvalue weighted by molar-refractivity contribution is 6.03. The number of benzene rings is 4. The smallest absolute Gasteiger partial charge is 0.336 e. The number of halogens is 2. The summed E-state index contributed by atoms with van der Waals surface area (Å²) in [5, 5.41) is 32.9. The quantitative estimate of drug-likeness (QED) is 0.0977.